The van der Waals surface area contributed by atoms with Gasteiger partial charge in [-0.25, -0.2) is 4.79 Å². The Labute approximate surface area is 135 Å². The first-order valence-corrected chi connectivity index (χ1v) is 7.30. The average molecular weight is 327 g/mol. The molecule has 1 aromatic rings. The topological polar surface area (TPSA) is 111 Å². The standard InChI is InChI=1S/C9H10O4.C7H12O3/c1-3-6-4-7(11)8(5(2)10)9(12)13-6;1-3-6(8)5-7(9)10-4-2/h4,11H,3H2,1-2H3;3-5H2,1-2H3/p+1. The highest BCUT2D eigenvalue weighted by Gasteiger charge is 2.14. The van der Waals surface area contributed by atoms with Crippen molar-refractivity contribution >= 4 is 17.5 Å². The first kappa shape index (κ1) is 20.6. The predicted molar refractivity (Wildman–Crippen MR) is 83.7 cm³/mol. The molecule has 0 saturated heterocycles. The van der Waals surface area contributed by atoms with Crippen molar-refractivity contribution in [3.63, 3.8) is 0 Å². The number of carbonyl (C=O) groups is 3. The number of ketones is 2. The zero-order valence-corrected chi connectivity index (χ0v) is 13.8. The fraction of sp³-hybridized carbons (Fsp3) is 0.500. The second-order valence-corrected chi connectivity index (χ2v) is 4.54. The number of hydrogen-bond donors (Lipinski definition) is 1. The van der Waals surface area contributed by atoms with Gasteiger partial charge in [-0.2, -0.15) is 0 Å². The lowest BCUT2D eigenvalue weighted by Gasteiger charge is -2.00. The van der Waals surface area contributed by atoms with E-state index in [0.717, 1.165) is 0 Å². The van der Waals surface area contributed by atoms with Crippen LogP contribution in [-0.2, 0) is 20.7 Å². The monoisotopic (exact) mass is 327 g/mol. The molecule has 7 heteroatoms. The van der Waals surface area contributed by atoms with Crippen molar-refractivity contribution < 1.29 is 30.1 Å². The van der Waals surface area contributed by atoms with E-state index in [0.29, 0.717) is 25.2 Å². The van der Waals surface area contributed by atoms with Gasteiger partial charge < -0.3 is 14.3 Å². The first-order chi connectivity index (χ1) is 10.8. The minimum Gasteiger partial charge on any atom is -0.507 e. The Kier molecular flexibility index (Phi) is 9.22. The maximum atomic E-state index is 11.1. The van der Waals surface area contributed by atoms with E-state index in [4.69, 9.17) is 4.42 Å². The molecule has 23 heavy (non-hydrogen) atoms. The number of carbonyl (C=O) groups excluding carboxylic acids is 3. The summed E-state index contributed by atoms with van der Waals surface area (Å²) in [6.07, 6.45) is 0.824. The van der Waals surface area contributed by atoms with Crippen LogP contribution in [0.2, 0.25) is 0 Å². The number of Topliss-reactive ketones (excluding diaryl/α,β-unsaturated/α-hetero) is 2. The zero-order chi connectivity index (χ0) is 18.0. The van der Waals surface area contributed by atoms with Gasteiger partial charge in [0.1, 0.15) is 29.3 Å². The number of aromatic hydroxyl groups is 1. The lowest BCUT2D eigenvalue weighted by Crippen LogP contribution is -2.12. The summed E-state index contributed by atoms with van der Waals surface area (Å²) in [6.45, 7) is 6.77. The molecule has 7 nitrogen and oxygen atoms in total. The molecule has 128 valence electrons. The van der Waals surface area contributed by atoms with Crippen LogP contribution < -0.4 is 5.63 Å². The van der Waals surface area contributed by atoms with Crippen LogP contribution >= 0.6 is 0 Å². The molecular formula is C16H23O7+. The normalized spacial score (nSPS) is 9.57. The zero-order valence-electron chi connectivity index (χ0n) is 14.8. The molecule has 0 atom stereocenters. The largest absolute Gasteiger partial charge is 1.00 e. The van der Waals surface area contributed by atoms with E-state index < -0.39 is 17.4 Å². The third-order valence-corrected chi connectivity index (χ3v) is 2.72. The van der Waals surface area contributed by atoms with E-state index in [9.17, 15) is 24.3 Å². The van der Waals surface area contributed by atoms with Crippen LogP contribution in [0.1, 0.15) is 58.1 Å². The van der Waals surface area contributed by atoms with Gasteiger partial charge in [0.05, 0.1) is 6.61 Å². The van der Waals surface area contributed by atoms with E-state index in [1.807, 2.05) is 0 Å². The molecule has 0 aliphatic heterocycles. The lowest BCUT2D eigenvalue weighted by molar-refractivity contribution is -0.145. The number of hydrogen-bond acceptors (Lipinski definition) is 7. The Morgan fingerprint density at radius 1 is 1.26 bits per heavy atom. The number of esters is 1. The Morgan fingerprint density at radius 3 is 2.26 bits per heavy atom. The van der Waals surface area contributed by atoms with Gasteiger partial charge in [-0.05, 0) is 13.8 Å². The molecule has 1 heterocycles. The van der Waals surface area contributed by atoms with E-state index in [1.165, 1.54) is 13.0 Å². The van der Waals surface area contributed by atoms with Gasteiger partial charge in [-0.1, -0.05) is 13.8 Å². The van der Waals surface area contributed by atoms with Crippen molar-refractivity contribution in [2.24, 2.45) is 0 Å². The maximum absolute atomic E-state index is 11.1. The number of aryl methyl sites for hydroxylation is 1. The first-order valence-electron chi connectivity index (χ1n) is 7.30. The summed E-state index contributed by atoms with van der Waals surface area (Å²) >= 11 is 0. The van der Waals surface area contributed by atoms with Crippen molar-refractivity contribution in [1.29, 1.82) is 0 Å². The highest BCUT2D eigenvalue weighted by Crippen LogP contribution is 2.15. The summed E-state index contributed by atoms with van der Waals surface area (Å²) in [5, 5.41) is 9.29. The minimum absolute atomic E-state index is 0. The molecule has 0 aliphatic rings. The lowest BCUT2D eigenvalue weighted by atomic mass is 10.2. The minimum atomic E-state index is -0.774. The molecule has 0 fully saturated rings. The molecule has 1 aromatic heterocycles. The molecule has 0 radical (unpaired) electrons. The van der Waals surface area contributed by atoms with Crippen LogP contribution in [-0.4, -0.2) is 29.2 Å². The van der Waals surface area contributed by atoms with E-state index in [1.54, 1.807) is 20.8 Å². The highest BCUT2D eigenvalue weighted by molar-refractivity contribution is 5.96. The summed E-state index contributed by atoms with van der Waals surface area (Å²) in [4.78, 5) is 43.1. The summed E-state index contributed by atoms with van der Waals surface area (Å²) in [6, 6.07) is 1.29. The number of rotatable bonds is 6. The summed E-state index contributed by atoms with van der Waals surface area (Å²) in [5.74, 6) is -0.921. The maximum Gasteiger partial charge on any atom is 1.00 e. The second kappa shape index (κ2) is 10.3. The Hall–Kier alpha value is -2.44. The van der Waals surface area contributed by atoms with Crippen LogP contribution in [0.5, 0.6) is 5.75 Å². The second-order valence-electron chi connectivity index (χ2n) is 4.54. The Balaban J connectivity index is 0. The summed E-state index contributed by atoms with van der Waals surface area (Å²) in [7, 11) is 0. The smallest absolute Gasteiger partial charge is 0.507 e. The van der Waals surface area contributed by atoms with E-state index in [-0.39, 0.29) is 24.9 Å². The fourth-order valence-corrected chi connectivity index (χ4v) is 1.53. The molecule has 0 aliphatic carbocycles. The van der Waals surface area contributed by atoms with Crippen molar-refractivity contribution in [3.05, 3.63) is 27.8 Å². The van der Waals surface area contributed by atoms with Gasteiger partial charge in [0, 0.05) is 18.9 Å². The summed E-state index contributed by atoms with van der Waals surface area (Å²) < 4.78 is 9.32. The van der Waals surface area contributed by atoms with Crippen LogP contribution in [0.4, 0.5) is 0 Å². The third-order valence-electron chi connectivity index (χ3n) is 2.72. The molecule has 0 bridgehead atoms. The molecule has 0 aromatic carbocycles. The van der Waals surface area contributed by atoms with Crippen LogP contribution in [0.25, 0.3) is 0 Å². The Morgan fingerprint density at radius 2 is 1.87 bits per heavy atom. The number of ether oxygens (including phenoxy) is 1. The van der Waals surface area contributed by atoms with Gasteiger partial charge in [-0.15, -0.1) is 0 Å². The molecule has 0 amide bonds. The van der Waals surface area contributed by atoms with Gasteiger partial charge in [0.25, 0.3) is 0 Å². The quantitative estimate of drug-likeness (QED) is 0.484. The average Bonchev–Trinajstić information content (AvgIpc) is 2.46. The van der Waals surface area contributed by atoms with Crippen molar-refractivity contribution in [2.75, 3.05) is 6.61 Å². The predicted octanol–water partition coefficient (Wildman–Crippen LogP) is 2.14. The van der Waals surface area contributed by atoms with Crippen molar-refractivity contribution in [3.8, 4) is 5.75 Å². The van der Waals surface area contributed by atoms with Crippen molar-refractivity contribution in [2.45, 2.75) is 47.0 Å². The molecular weight excluding hydrogens is 304 g/mol. The fourth-order valence-electron chi connectivity index (χ4n) is 1.53. The molecule has 0 unspecified atom stereocenters. The van der Waals surface area contributed by atoms with Crippen LogP contribution in [0.3, 0.4) is 0 Å². The van der Waals surface area contributed by atoms with Gasteiger partial charge in [-0.3, -0.25) is 14.4 Å². The SMILES string of the molecule is CCOC(=O)CC(=O)CC.CCc1cc(O)c(C(C)=O)c(=O)o1.[H+]. The van der Waals surface area contributed by atoms with E-state index >= 15 is 0 Å². The molecule has 0 saturated carbocycles. The van der Waals surface area contributed by atoms with Crippen LogP contribution in [0.15, 0.2) is 15.3 Å². The third kappa shape index (κ3) is 7.39. The molecule has 0 spiro atoms. The van der Waals surface area contributed by atoms with Crippen molar-refractivity contribution in [1.82, 2.24) is 0 Å². The molecule has 1 N–H and O–H groups in total. The molecule has 1 rings (SSSR count). The summed E-state index contributed by atoms with van der Waals surface area (Å²) in [5.41, 5.74) is -1.05. The van der Waals surface area contributed by atoms with Gasteiger partial charge in [0.15, 0.2) is 5.78 Å². The highest BCUT2D eigenvalue weighted by atomic mass is 16.5. The Bertz CT molecular complexity index is 619. The van der Waals surface area contributed by atoms with Gasteiger partial charge in [0.2, 0.25) is 0 Å². The van der Waals surface area contributed by atoms with Gasteiger partial charge >= 0.3 is 13.0 Å². The van der Waals surface area contributed by atoms with E-state index in [2.05, 4.69) is 4.74 Å². The van der Waals surface area contributed by atoms with Crippen LogP contribution in [0, 0.1) is 0 Å².